The molecule has 0 spiro atoms. The summed E-state index contributed by atoms with van der Waals surface area (Å²) in [5, 5.41) is 0. The Kier molecular flexibility index (Phi) is 9.67. The lowest BCUT2D eigenvalue weighted by Crippen LogP contribution is -2.40. The van der Waals surface area contributed by atoms with E-state index in [2.05, 4.69) is 23.7 Å². The summed E-state index contributed by atoms with van der Waals surface area (Å²) in [6, 6.07) is 8.09. The molecule has 1 saturated carbocycles. The van der Waals surface area contributed by atoms with Crippen molar-refractivity contribution in [1.82, 2.24) is 14.8 Å². The molecular weight excluding hydrogens is 467 g/mol. The predicted molar refractivity (Wildman–Crippen MR) is 145 cm³/mol. The van der Waals surface area contributed by atoms with E-state index in [9.17, 15) is 14.0 Å². The first-order chi connectivity index (χ1) is 17.9. The Morgan fingerprint density at radius 2 is 1.84 bits per heavy atom. The van der Waals surface area contributed by atoms with E-state index >= 15 is 0 Å². The van der Waals surface area contributed by atoms with Gasteiger partial charge in [-0.15, -0.1) is 0 Å². The number of benzene rings is 1. The molecule has 1 fully saturated rings. The average Bonchev–Trinajstić information content (AvgIpc) is 2.84. The second kappa shape index (κ2) is 13.1. The lowest BCUT2D eigenvalue weighted by Gasteiger charge is -2.32. The highest BCUT2D eigenvalue weighted by Gasteiger charge is 2.26. The summed E-state index contributed by atoms with van der Waals surface area (Å²) in [5.74, 6) is 0.806. The first-order valence-electron chi connectivity index (χ1n) is 13.9. The second-order valence-electron chi connectivity index (χ2n) is 11.0. The fourth-order valence-electron chi connectivity index (χ4n) is 5.43. The number of carbonyl (C=O) groups excluding carboxylic acids is 2. The molecule has 0 radical (unpaired) electrons. The monoisotopic (exact) mass is 508 g/mol. The smallest absolute Gasteiger partial charge is 0.259 e. The Labute approximate surface area is 220 Å². The topological polar surface area (TPSA) is 56.8 Å². The molecule has 4 rings (SSSR count). The van der Waals surface area contributed by atoms with Crippen molar-refractivity contribution in [2.75, 3.05) is 37.6 Å². The number of anilines is 1. The van der Waals surface area contributed by atoms with Crippen LogP contribution < -0.4 is 4.90 Å². The van der Waals surface area contributed by atoms with E-state index in [0.29, 0.717) is 54.7 Å². The molecule has 2 aliphatic rings. The maximum Gasteiger partial charge on any atom is 0.259 e. The highest BCUT2D eigenvalue weighted by atomic mass is 19.1. The van der Waals surface area contributed by atoms with E-state index in [1.165, 1.54) is 31.4 Å². The molecule has 2 heterocycles. The number of fused-ring (bicyclic) bond motifs is 1. The van der Waals surface area contributed by atoms with Crippen molar-refractivity contribution >= 4 is 17.5 Å². The molecular formula is C30H41FN4O2. The van der Waals surface area contributed by atoms with Crippen LogP contribution in [0.2, 0.25) is 0 Å². The van der Waals surface area contributed by atoms with E-state index in [-0.39, 0.29) is 17.6 Å². The molecule has 7 heteroatoms. The van der Waals surface area contributed by atoms with Crippen molar-refractivity contribution in [3.8, 4) is 0 Å². The third-order valence-corrected chi connectivity index (χ3v) is 7.57. The van der Waals surface area contributed by atoms with Crippen LogP contribution >= 0.6 is 0 Å². The van der Waals surface area contributed by atoms with Crippen LogP contribution in [-0.2, 0) is 11.3 Å². The number of nitrogens with zero attached hydrogens (tertiary/aromatic N) is 4. The molecule has 0 bridgehead atoms. The van der Waals surface area contributed by atoms with Gasteiger partial charge in [-0.3, -0.25) is 14.6 Å². The first kappa shape index (κ1) is 27.2. The van der Waals surface area contributed by atoms with E-state index in [4.69, 9.17) is 0 Å². The van der Waals surface area contributed by atoms with Gasteiger partial charge in [-0.05, 0) is 80.1 Å². The zero-order valence-corrected chi connectivity index (χ0v) is 22.4. The molecule has 1 aliphatic heterocycles. The van der Waals surface area contributed by atoms with Gasteiger partial charge in [-0.1, -0.05) is 33.1 Å². The number of hydrogen-bond acceptors (Lipinski definition) is 4. The van der Waals surface area contributed by atoms with Gasteiger partial charge in [-0.25, -0.2) is 4.39 Å². The van der Waals surface area contributed by atoms with Gasteiger partial charge in [0.25, 0.3) is 5.91 Å². The Morgan fingerprint density at radius 3 is 2.51 bits per heavy atom. The van der Waals surface area contributed by atoms with Crippen molar-refractivity contribution in [3.63, 3.8) is 0 Å². The third kappa shape index (κ3) is 7.60. The van der Waals surface area contributed by atoms with Crippen molar-refractivity contribution in [2.24, 2.45) is 11.8 Å². The van der Waals surface area contributed by atoms with Crippen LogP contribution in [0.5, 0.6) is 0 Å². The lowest BCUT2D eigenvalue weighted by molar-refractivity contribution is -0.132. The van der Waals surface area contributed by atoms with Gasteiger partial charge in [0.05, 0.1) is 5.56 Å². The van der Waals surface area contributed by atoms with Gasteiger partial charge in [0.15, 0.2) is 0 Å². The van der Waals surface area contributed by atoms with Crippen LogP contribution in [-0.4, -0.2) is 59.3 Å². The van der Waals surface area contributed by atoms with E-state index in [1.807, 2.05) is 4.90 Å². The highest BCUT2D eigenvalue weighted by molar-refractivity contribution is 6.06. The summed E-state index contributed by atoms with van der Waals surface area (Å²) < 4.78 is 14.5. The molecule has 0 saturated heterocycles. The van der Waals surface area contributed by atoms with E-state index in [0.717, 1.165) is 38.9 Å². The molecule has 0 unspecified atom stereocenters. The van der Waals surface area contributed by atoms with Gasteiger partial charge in [0.2, 0.25) is 5.91 Å². The van der Waals surface area contributed by atoms with Gasteiger partial charge in [0, 0.05) is 50.7 Å². The average molecular weight is 509 g/mol. The van der Waals surface area contributed by atoms with Crippen LogP contribution in [0, 0.1) is 17.7 Å². The quantitative estimate of drug-likeness (QED) is 0.515. The predicted octanol–water partition coefficient (Wildman–Crippen LogP) is 5.53. The molecule has 1 aliphatic carbocycles. The lowest BCUT2D eigenvalue weighted by atomic mass is 9.82. The van der Waals surface area contributed by atoms with Gasteiger partial charge in [0.1, 0.15) is 5.82 Å². The van der Waals surface area contributed by atoms with Gasteiger partial charge in [-0.2, -0.15) is 0 Å². The molecule has 2 amide bonds. The number of halogens is 1. The fraction of sp³-hybridized carbons (Fsp3) is 0.567. The number of hydrogen-bond donors (Lipinski definition) is 0. The van der Waals surface area contributed by atoms with Crippen LogP contribution in [0.3, 0.4) is 0 Å². The van der Waals surface area contributed by atoms with Crippen molar-refractivity contribution in [2.45, 2.75) is 65.3 Å². The maximum atomic E-state index is 14.5. The Morgan fingerprint density at radius 1 is 1.05 bits per heavy atom. The summed E-state index contributed by atoms with van der Waals surface area (Å²) in [6.07, 6.45) is 10.1. The molecule has 0 atom stereocenters. The molecule has 0 N–H and O–H groups in total. The molecule has 1 aromatic carbocycles. The third-order valence-electron chi connectivity index (χ3n) is 7.57. The largest absolute Gasteiger partial charge is 0.338 e. The Balaban J connectivity index is 1.64. The SMILES string of the molecule is CC(C)CN1CCCN(C(=O)CCC2CCC2)Cc2cc(F)ccc2N(C(=O)c2cccnc2)CCC1. The second-order valence-corrected chi connectivity index (χ2v) is 11.0. The molecule has 2 aromatic rings. The number of aromatic nitrogens is 1. The van der Waals surface area contributed by atoms with Gasteiger partial charge < -0.3 is 14.7 Å². The molecule has 200 valence electrons. The molecule has 6 nitrogen and oxygen atoms in total. The summed E-state index contributed by atoms with van der Waals surface area (Å²) in [5.41, 5.74) is 1.84. The zero-order valence-electron chi connectivity index (χ0n) is 22.4. The van der Waals surface area contributed by atoms with Crippen LogP contribution in [0.25, 0.3) is 0 Å². The van der Waals surface area contributed by atoms with Crippen LogP contribution in [0.1, 0.15) is 74.7 Å². The van der Waals surface area contributed by atoms with Crippen LogP contribution in [0.15, 0.2) is 42.7 Å². The maximum absolute atomic E-state index is 14.5. The highest BCUT2D eigenvalue weighted by Crippen LogP contribution is 2.31. The van der Waals surface area contributed by atoms with E-state index < -0.39 is 0 Å². The minimum absolute atomic E-state index is 0.125. The Hall–Kier alpha value is -2.80. The first-order valence-corrected chi connectivity index (χ1v) is 13.9. The fourth-order valence-corrected chi connectivity index (χ4v) is 5.43. The van der Waals surface area contributed by atoms with Crippen molar-refractivity contribution < 1.29 is 14.0 Å². The zero-order chi connectivity index (χ0) is 26.2. The summed E-state index contributed by atoms with van der Waals surface area (Å²) in [6.45, 7) is 8.62. The Bertz CT molecular complexity index is 1040. The molecule has 37 heavy (non-hydrogen) atoms. The number of amides is 2. The number of rotatable bonds is 6. The summed E-state index contributed by atoms with van der Waals surface area (Å²) >= 11 is 0. The number of pyridine rings is 1. The standard InChI is InChI=1S/C30H41FN4O2/c1-23(2)21-33-15-5-17-34(29(36)13-10-24-7-3-8-24)22-26-19-27(31)11-12-28(26)35(18-6-16-33)30(37)25-9-4-14-32-20-25/h4,9,11-12,14,19-20,23-24H,3,5-8,10,13,15-18,21-22H2,1-2H3. The van der Waals surface area contributed by atoms with Gasteiger partial charge >= 0.3 is 0 Å². The summed E-state index contributed by atoms with van der Waals surface area (Å²) in [4.78, 5) is 37.2. The minimum atomic E-state index is -0.357. The van der Waals surface area contributed by atoms with Crippen molar-refractivity contribution in [3.05, 3.63) is 59.7 Å². The van der Waals surface area contributed by atoms with E-state index in [1.54, 1.807) is 35.5 Å². The molecule has 1 aromatic heterocycles. The minimum Gasteiger partial charge on any atom is -0.338 e. The van der Waals surface area contributed by atoms with Crippen molar-refractivity contribution in [1.29, 1.82) is 0 Å². The number of carbonyl (C=O) groups is 2. The van der Waals surface area contributed by atoms with Crippen LogP contribution in [0.4, 0.5) is 10.1 Å². The normalized spacial score (nSPS) is 18.1. The summed E-state index contributed by atoms with van der Waals surface area (Å²) in [7, 11) is 0.